The molecule has 2 N–H and O–H groups in total. The fourth-order valence-corrected chi connectivity index (χ4v) is 1.43. The van der Waals surface area contributed by atoms with Gasteiger partial charge in [0.15, 0.2) is 0 Å². The summed E-state index contributed by atoms with van der Waals surface area (Å²) in [5.41, 5.74) is 1.18. The maximum Gasteiger partial charge on any atom is 0.310 e. The van der Waals surface area contributed by atoms with Crippen LogP contribution in [0, 0.1) is 6.92 Å². The van der Waals surface area contributed by atoms with Gasteiger partial charge in [0.1, 0.15) is 5.75 Å². The molecular weight excluding hydrogens is 204 g/mol. The number of carboxylic acid groups (broad SMARTS) is 1. The van der Waals surface area contributed by atoms with Crippen LogP contribution < -0.4 is 0 Å². The quantitative estimate of drug-likeness (QED) is 0.796. The molecule has 0 saturated carbocycles. The number of phenols is 1. The van der Waals surface area contributed by atoms with Crippen molar-refractivity contribution in [3.05, 3.63) is 28.3 Å². The molecule has 0 amide bonds. The Balaban J connectivity index is 3.19. The van der Waals surface area contributed by atoms with Crippen molar-refractivity contribution in [2.75, 3.05) is 0 Å². The van der Waals surface area contributed by atoms with Gasteiger partial charge in [0, 0.05) is 0 Å². The van der Waals surface area contributed by atoms with Crippen LogP contribution in [0.4, 0.5) is 0 Å². The maximum absolute atomic E-state index is 10.7. The molecule has 1 atom stereocenters. The third-order valence-corrected chi connectivity index (χ3v) is 2.43. The third kappa shape index (κ3) is 1.99. The van der Waals surface area contributed by atoms with Gasteiger partial charge in [0.25, 0.3) is 0 Å². The predicted octanol–water partition coefficient (Wildman–Crippen LogP) is 2.54. The van der Waals surface area contributed by atoms with Gasteiger partial charge in [-0.15, -0.1) is 0 Å². The van der Waals surface area contributed by atoms with E-state index in [1.54, 1.807) is 19.9 Å². The highest BCUT2D eigenvalue weighted by molar-refractivity contribution is 6.32. The predicted molar refractivity (Wildman–Crippen MR) is 53.9 cm³/mol. The Labute approximate surface area is 86.9 Å². The number of hydrogen-bond donors (Lipinski definition) is 2. The number of hydrogen-bond acceptors (Lipinski definition) is 2. The first-order valence-corrected chi connectivity index (χ1v) is 4.53. The summed E-state index contributed by atoms with van der Waals surface area (Å²) in [5, 5.41) is 18.3. The molecule has 1 rings (SSSR count). The van der Waals surface area contributed by atoms with Gasteiger partial charge >= 0.3 is 5.97 Å². The summed E-state index contributed by atoms with van der Waals surface area (Å²) in [7, 11) is 0. The summed E-state index contributed by atoms with van der Waals surface area (Å²) in [6.07, 6.45) is 0. The number of carbonyl (C=O) groups is 1. The molecule has 0 aromatic heterocycles. The monoisotopic (exact) mass is 214 g/mol. The molecule has 3 nitrogen and oxygen atoms in total. The highest BCUT2D eigenvalue weighted by Gasteiger charge is 2.16. The minimum absolute atomic E-state index is 0.00741. The van der Waals surface area contributed by atoms with Crippen molar-refractivity contribution in [1.29, 1.82) is 0 Å². The van der Waals surface area contributed by atoms with E-state index >= 15 is 0 Å². The summed E-state index contributed by atoms with van der Waals surface area (Å²) < 4.78 is 0. The van der Waals surface area contributed by atoms with Gasteiger partial charge in [-0.3, -0.25) is 4.79 Å². The van der Waals surface area contributed by atoms with Crippen LogP contribution in [-0.2, 0) is 4.79 Å². The molecule has 1 aromatic rings. The summed E-state index contributed by atoms with van der Waals surface area (Å²) in [6, 6.07) is 3.10. The van der Waals surface area contributed by atoms with Crippen LogP contribution in [0.15, 0.2) is 12.1 Å². The Morgan fingerprint density at radius 1 is 1.50 bits per heavy atom. The highest BCUT2D eigenvalue weighted by atomic mass is 35.5. The molecule has 0 bridgehead atoms. The van der Waals surface area contributed by atoms with Crippen LogP contribution >= 0.6 is 11.6 Å². The molecule has 0 fully saturated rings. The second-order valence-electron chi connectivity index (χ2n) is 3.23. The fourth-order valence-electron chi connectivity index (χ4n) is 1.16. The Morgan fingerprint density at radius 2 is 2.07 bits per heavy atom. The van der Waals surface area contributed by atoms with E-state index in [0.29, 0.717) is 11.1 Å². The number of aryl methyl sites for hydroxylation is 1. The minimum atomic E-state index is -0.911. The van der Waals surface area contributed by atoms with Crippen molar-refractivity contribution < 1.29 is 15.0 Å². The number of phenolic OH excluding ortho intramolecular Hbond substituents is 1. The molecule has 76 valence electrons. The standard InChI is InChI=1S/C10H11ClO3/c1-5-3-7(6(2)10(13)14)4-8(11)9(5)12/h3-4,6,12H,1-2H3,(H,13,14). The molecule has 4 heteroatoms. The van der Waals surface area contributed by atoms with E-state index in [4.69, 9.17) is 16.7 Å². The third-order valence-electron chi connectivity index (χ3n) is 2.15. The number of aliphatic carboxylic acids is 1. The van der Waals surface area contributed by atoms with E-state index in [9.17, 15) is 9.90 Å². The second-order valence-corrected chi connectivity index (χ2v) is 3.64. The van der Waals surface area contributed by atoms with E-state index < -0.39 is 11.9 Å². The zero-order chi connectivity index (χ0) is 10.9. The van der Waals surface area contributed by atoms with Crippen molar-refractivity contribution in [3.63, 3.8) is 0 Å². The zero-order valence-electron chi connectivity index (χ0n) is 7.91. The largest absolute Gasteiger partial charge is 0.506 e. The molecule has 0 saturated heterocycles. The number of benzene rings is 1. The van der Waals surface area contributed by atoms with E-state index in [1.165, 1.54) is 6.07 Å². The molecule has 0 aliphatic rings. The Morgan fingerprint density at radius 3 is 2.50 bits per heavy atom. The molecule has 14 heavy (non-hydrogen) atoms. The normalized spacial score (nSPS) is 12.5. The number of aromatic hydroxyl groups is 1. The first-order valence-electron chi connectivity index (χ1n) is 4.15. The lowest BCUT2D eigenvalue weighted by Gasteiger charge is -2.09. The molecule has 0 aliphatic carbocycles. The van der Waals surface area contributed by atoms with Crippen molar-refractivity contribution in [2.45, 2.75) is 19.8 Å². The molecule has 0 aliphatic heterocycles. The van der Waals surface area contributed by atoms with Gasteiger partial charge in [-0.25, -0.2) is 0 Å². The number of halogens is 1. The number of carboxylic acids is 1. The summed E-state index contributed by atoms with van der Waals surface area (Å²) in [6.45, 7) is 3.25. The Bertz CT molecular complexity index is 351. The van der Waals surface area contributed by atoms with Gasteiger partial charge in [0.05, 0.1) is 10.9 Å². The van der Waals surface area contributed by atoms with Crippen LogP contribution in [0.5, 0.6) is 5.75 Å². The first-order chi connectivity index (χ1) is 6.43. The molecule has 0 radical (unpaired) electrons. The summed E-state index contributed by atoms with van der Waals surface area (Å²) in [5.74, 6) is -1.52. The Hall–Kier alpha value is -1.22. The molecule has 0 spiro atoms. The summed E-state index contributed by atoms with van der Waals surface area (Å²) >= 11 is 5.72. The maximum atomic E-state index is 10.7. The lowest BCUT2D eigenvalue weighted by atomic mass is 9.99. The molecular formula is C10H11ClO3. The fraction of sp³-hybridized carbons (Fsp3) is 0.300. The van der Waals surface area contributed by atoms with Gasteiger partial charge in [0.2, 0.25) is 0 Å². The SMILES string of the molecule is Cc1cc(C(C)C(=O)O)cc(Cl)c1O. The smallest absolute Gasteiger partial charge is 0.310 e. The van der Waals surface area contributed by atoms with Gasteiger partial charge < -0.3 is 10.2 Å². The van der Waals surface area contributed by atoms with Crippen LogP contribution in [0.25, 0.3) is 0 Å². The summed E-state index contributed by atoms with van der Waals surface area (Å²) in [4.78, 5) is 10.7. The van der Waals surface area contributed by atoms with Gasteiger partial charge in [-0.2, -0.15) is 0 Å². The van der Waals surface area contributed by atoms with Crippen molar-refractivity contribution in [1.82, 2.24) is 0 Å². The van der Waals surface area contributed by atoms with Gasteiger partial charge in [-0.1, -0.05) is 17.7 Å². The minimum Gasteiger partial charge on any atom is -0.506 e. The van der Waals surface area contributed by atoms with Crippen molar-refractivity contribution >= 4 is 17.6 Å². The van der Waals surface area contributed by atoms with Crippen LogP contribution in [0.2, 0.25) is 5.02 Å². The van der Waals surface area contributed by atoms with Crippen molar-refractivity contribution in [2.24, 2.45) is 0 Å². The highest BCUT2D eigenvalue weighted by Crippen LogP contribution is 2.31. The lowest BCUT2D eigenvalue weighted by molar-refractivity contribution is -0.138. The lowest BCUT2D eigenvalue weighted by Crippen LogP contribution is -2.07. The van der Waals surface area contributed by atoms with E-state index in [1.807, 2.05) is 0 Å². The van der Waals surface area contributed by atoms with Crippen LogP contribution in [0.1, 0.15) is 24.0 Å². The first kappa shape index (κ1) is 10.9. The topological polar surface area (TPSA) is 57.5 Å². The average Bonchev–Trinajstić information content (AvgIpc) is 2.12. The molecule has 1 unspecified atom stereocenters. The van der Waals surface area contributed by atoms with Crippen molar-refractivity contribution in [3.8, 4) is 5.75 Å². The second kappa shape index (κ2) is 3.88. The average molecular weight is 215 g/mol. The van der Waals surface area contributed by atoms with E-state index in [0.717, 1.165) is 0 Å². The van der Waals surface area contributed by atoms with E-state index in [-0.39, 0.29) is 10.8 Å². The zero-order valence-corrected chi connectivity index (χ0v) is 8.67. The van der Waals surface area contributed by atoms with E-state index in [2.05, 4.69) is 0 Å². The Kier molecular flexibility index (Phi) is 3.01. The molecule has 1 aromatic carbocycles. The number of rotatable bonds is 2. The van der Waals surface area contributed by atoms with Crippen LogP contribution in [0.3, 0.4) is 0 Å². The van der Waals surface area contributed by atoms with Crippen LogP contribution in [-0.4, -0.2) is 16.2 Å². The molecule has 0 heterocycles. The van der Waals surface area contributed by atoms with Gasteiger partial charge in [-0.05, 0) is 31.0 Å².